The Bertz CT molecular complexity index is 2600. The number of anilines is 3. The number of hydrogen-bond acceptors (Lipinski definition) is 4. The molecule has 45 heavy (non-hydrogen) atoms. The molecule has 0 fully saturated rings. The lowest BCUT2D eigenvalue weighted by atomic mass is 9.93. The van der Waals surface area contributed by atoms with Crippen molar-refractivity contribution in [3.8, 4) is 32.3 Å². The number of rotatable bonds is 4. The Hall–Kier alpha value is -5.71. The lowest BCUT2D eigenvalue weighted by molar-refractivity contribution is 0.669. The van der Waals surface area contributed by atoms with Crippen molar-refractivity contribution in [1.82, 2.24) is 4.98 Å². The molecule has 3 nitrogen and oxygen atoms in total. The third-order valence-corrected chi connectivity index (χ3v) is 10.1. The minimum absolute atomic E-state index is 0.887. The van der Waals surface area contributed by atoms with Crippen molar-refractivity contribution in [2.45, 2.75) is 0 Å². The van der Waals surface area contributed by atoms with Crippen LogP contribution in [-0.4, -0.2) is 4.98 Å². The number of para-hydroxylation sites is 2. The predicted molar refractivity (Wildman–Crippen MR) is 189 cm³/mol. The van der Waals surface area contributed by atoms with Crippen LogP contribution in [0.1, 0.15) is 0 Å². The zero-order chi connectivity index (χ0) is 29.5. The van der Waals surface area contributed by atoms with Gasteiger partial charge in [0.05, 0.1) is 16.3 Å². The fourth-order valence-corrected chi connectivity index (χ4v) is 8.20. The topological polar surface area (TPSA) is 29.3 Å². The molecule has 210 valence electrons. The molecule has 1 aliphatic rings. The van der Waals surface area contributed by atoms with Gasteiger partial charge in [-0.3, -0.25) is 0 Å². The molecule has 1 aliphatic carbocycles. The third kappa shape index (κ3) is 3.54. The molecule has 0 unspecified atom stereocenters. The Morgan fingerprint density at radius 2 is 1.22 bits per heavy atom. The Morgan fingerprint density at radius 3 is 2.07 bits per heavy atom. The van der Waals surface area contributed by atoms with E-state index in [0.29, 0.717) is 0 Å². The van der Waals surface area contributed by atoms with E-state index in [-0.39, 0.29) is 0 Å². The van der Waals surface area contributed by atoms with Gasteiger partial charge in [0.2, 0.25) is 0 Å². The first kappa shape index (κ1) is 24.7. The zero-order valence-corrected chi connectivity index (χ0v) is 24.9. The molecule has 2 aromatic heterocycles. The van der Waals surface area contributed by atoms with E-state index in [0.717, 1.165) is 55.3 Å². The normalized spacial score (nSPS) is 12.0. The molecule has 0 aliphatic heterocycles. The van der Waals surface area contributed by atoms with Gasteiger partial charge >= 0.3 is 0 Å². The molecule has 9 aromatic rings. The van der Waals surface area contributed by atoms with Crippen molar-refractivity contribution in [3.05, 3.63) is 146 Å². The summed E-state index contributed by atoms with van der Waals surface area (Å²) >= 11 is 1.79. The van der Waals surface area contributed by atoms with Crippen molar-refractivity contribution in [1.29, 1.82) is 0 Å². The van der Waals surface area contributed by atoms with Crippen molar-refractivity contribution >= 4 is 71.9 Å². The van der Waals surface area contributed by atoms with E-state index in [1.807, 2.05) is 12.1 Å². The van der Waals surface area contributed by atoms with Crippen molar-refractivity contribution < 1.29 is 4.42 Å². The van der Waals surface area contributed by atoms with Crippen LogP contribution in [0.25, 0.3) is 75.8 Å². The van der Waals surface area contributed by atoms with E-state index in [1.165, 1.54) is 37.5 Å². The predicted octanol–water partition coefficient (Wildman–Crippen LogP) is 12.1. The van der Waals surface area contributed by atoms with Crippen LogP contribution in [-0.2, 0) is 0 Å². The third-order valence-electron chi connectivity index (χ3n) is 9.01. The first-order valence-corrected chi connectivity index (χ1v) is 16.0. The van der Waals surface area contributed by atoms with E-state index in [2.05, 4.69) is 138 Å². The average molecular weight is 593 g/mol. The Morgan fingerprint density at radius 1 is 0.533 bits per heavy atom. The fourth-order valence-electron chi connectivity index (χ4n) is 7.09. The van der Waals surface area contributed by atoms with Crippen LogP contribution in [0.3, 0.4) is 0 Å². The second-order valence-corrected chi connectivity index (χ2v) is 12.5. The van der Waals surface area contributed by atoms with Crippen LogP contribution in [0.4, 0.5) is 17.1 Å². The molecule has 2 heterocycles. The molecule has 0 N–H and O–H groups in total. The van der Waals surface area contributed by atoms with E-state index in [4.69, 9.17) is 9.40 Å². The Labute approximate surface area is 263 Å². The monoisotopic (exact) mass is 592 g/mol. The van der Waals surface area contributed by atoms with Gasteiger partial charge in [-0.05, 0) is 47.2 Å². The first-order chi connectivity index (χ1) is 22.3. The van der Waals surface area contributed by atoms with Crippen LogP contribution in [0.5, 0.6) is 0 Å². The van der Waals surface area contributed by atoms with E-state index >= 15 is 0 Å². The maximum Gasteiger partial charge on any atom is 0.135 e. The molecule has 0 radical (unpaired) electrons. The molecule has 0 atom stereocenters. The summed E-state index contributed by atoms with van der Waals surface area (Å²) in [5.74, 6) is 0. The Kier molecular flexibility index (Phi) is 5.16. The highest BCUT2D eigenvalue weighted by atomic mass is 32.1. The van der Waals surface area contributed by atoms with Crippen LogP contribution < -0.4 is 4.90 Å². The van der Waals surface area contributed by atoms with Crippen molar-refractivity contribution in [2.75, 3.05) is 4.90 Å². The second-order valence-electron chi connectivity index (χ2n) is 11.5. The largest absolute Gasteiger partial charge is 0.456 e. The van der Waals surface area contributed by atoms with E-state index < -0.39 is 0 Å². The van der Waals surface area contributed by atoms with Crippen molar-refractivity contribution in [2.24, 2.45) is 0 Å². The van der Waals surface area contributed by atoms with Gasteiger partial charge < -0.3 is 9.32 Å². The summed E-state index contributed by atoms with van der Waals surface area (Å²) in [7, 11) is 0. The van der Waals surface area contributed by atoms with Crippen LogP contribution in [0.2, 0.25) is 0 Å². The molecule has 0 bridgehead atoms. The molecule has 0 amide bonds. The van der Waals surface area contributed by atoms with Crippen LogP contribution in [0.15, 0.2) is 150 Å². The molecule has 0 saturated carbocycles. The van der Waals surface area contributed by atoms with Gasteiger partial charge in [0.1, 0.15) is 16.2 Å². The number of fused-ring (bicyclic) bond motifs is 8. The number of hydrogen-bond donors (Lipinski definition) is 0. The van der Waals surface area contributed by atoms with Crippen molar-refractivity contribution in [3.63, 3.8) is 0 Å². The number of nitrogens with zero attached hydrogens (tertiary/aromatic N) is 2. The summed E-state index contributed by atoms with van der Waals surface area (Å²) in [5.41, 5.74) is 9.75. The molecule has 4 heteroatoms. The highest BCUT2D eigenvalue weighted by molar-refractivity contribution is 7.19. The van der Waals surface area contributed by atoms with E-state index in [1.54, 1.807) is 11.3 Å². The summed E-state index contributed by atoms with van der Waals surface area (Å²) < 4.78 is 6.24. The number of aromatic nitrogens is 1. The lowest BCUT2D eigenvalue weighted by Crippen LogP contribution is -2.12. The zero-order valence-electron chi connectivity index (χ0n) is 24.1. The number of furan rings is 1. The molecular weight excluding hydrogens is 569 g/mol. The number of thiazole rings is 1. The molecule has 0 saturated heterocycles. The van der Waals surface area contributed by atoms with Gasteiger partial charge in [-0.15, -0.1) is 11.3 Å². The maximum absolute atomic E-state index is 6.24. The first-order valence-electron chi connectivity index (χ1n) is 15.1. The summed E-state index contributed by atoms with van der Waals surface area (Å²) in [4.78, 5) is 9.05. The quantitative estimate of drug-likeness (QED) is 0.190. The molecule has 7 aromatic carbocycles. The maximum atomic E-state index is 6.24. The highest BCUT2D eigenvalue weighted by Crippen LogP contribution is 2.58. The smallest absolute Gasteiger partial charge is 0.135 e. The van der Waals surface area contributed by atoms with Gasteiger partial charge in [-0.1, -0.05) is 109 Å². The number of benzene rings is 7. The van der Waals surface area contributed by atoms with Gasteiger partial charge in [-0.25, -0.2) is 4.98 Å². The molecule has 10 rings (SSSR count). The van der Waals surface area contributed by atoms with Crippen LogP contribution >= 0.6 is 11.3 Å². The standard InChI is InChI=1S/C41H24N2OS/c1-3-12-25(13-4-1)41-42-38-37-36-30(19-11-20-32(36)40(38)45-41)28-16-7-8-18-31(28)39(37)43(26-14-5-2-6-15-26)27-22-23-35-33(24-27)29-17-9-10-21-34(29)44-35/h1-24H. The molecule has 0 spiro atoms. The fraction of sp³-hybridized carbons (Fsp3) is 0. The second kappa shape index (κ2) is 9.39. The van der Waals surface area contributed by atoms with Gasteiger partial charge in [-0.2, -0.15) is 0 Å². The van der Waals surface area contributed by atoms with Gasteiger partial charge in [0, 0.05) is 49.6 Å². The summed E-state index contributed by atoms with van der Waals surface area (Å²) in [6.07, 6.45) is 0. The van der Waals surface area contributed by atoms with E-state index in [9.17, 15) is 0 Å². The van der Waals surface area contributed by atoms with Gasteiger partial charge in [0.15, 0.2) is 0 Å². The Balaban J connectivity index is 1.34. The minimum atomic E-state index is 0.887. The molecular formula is C41H24N2OS. The average Bonchev–Trinajstić information content (AvgIpc) is 3.79. The minimum Gasteiger partial charge on any atom is -0.456 e. The lowest BCUT2D eigenvalue weighted by Gasteiger charge is -2.29. The summed E-state index contributed by atoms with van der Waals surface area (Å²) in [5, 5.41) is 8.23. The van der Waals surface area contributed by atoms with Crippen LogP contribution in [0, 0.1) is 0 Å². The summed E-state index contributed by atoms with van der Waals surface area (Å²) in [6.45, 7) is 0. The summed E-state index contributed by atoms with van der Waals surface area (Å²) in [6, 6.07) is 51.6. The SMILES string of the molecule is c1ccc(-c2nc3c(s2)-c2cccc4c2c-3c(N(c2ccccc2)c2ccc3oc5ccccc5c3c2)c2ccccc24)cc1. The highest BCUT2D eigenvalue weighted by Gasteiger charge is 2.33. The van der Waals surface area contributed by atoms with Gasteiger partial charge in [0.25, 0.3) is 0 Å².